The maximum Gasteiger partial charge on any atom is 0.490 e. The quantitative estimate of drug-likeness (QED) is 0.0451. The second-order valence-electron chi connectivity index (χ2n) is 27.5. The van der Waals surface area contributed by atoms with Gasteiger partial charge in [0, 0.05) is 133 Å². The van der Waals surface area contributed by atoms with Gasteiger partial charge in [-0.25, -0.2) is 58.6 Å². The van der Waals surface area contributed by atoms with Gasteiger partial charge in [0.05, 0.1) is 32.6 Å². The zero-order valence-corrected chi connectivity index (χ0v) is 72.4. The minimum atomic E-state index is -5.08. The first-order valence-corrected chi connectivity index (χ1v) is 38.6. The molecule has 0 bridgehead atoms. The van der Waals surface area contributed by atoms with Crippen LogP contribution in [-0.4, -0.2) is 300 Å². The van der Waals surface area contributed by atoms with E-state index in [0.717, 1.165) is 117 Å². The number of likely N-dealkylation sites (N-methyl/N-ethyl adjacent to an activating group) is 1. The van der Waals surface area contributed by atoms with Crippen molar-refractivity contribution in [3.05, 3.63) is 88.5 Å². The predicted octanol–water partition coefficient (Wildman–Crippen LogP) is 2.74. The van der Waals surface area contributed by atoms with Crippen molar-refractivity contribution in [2.75, 3.05) is 150 Å². The lowest BCUT2D eigenvalue weighted by atomic mass is 10.1. The lowest BCUT2D eigenvalue weighted by Crippen LogP contribution is -2.62. The van der Waals surface area contributed by atoms with Crippen LogP contribution in [0.2, 0.25) is 0 Å². The molecule has 5 aliphatic rings. The molecule has 57 heteroatoms. The van der Waals surface area contributed by atoms with Crippen molar-refractivity contribution in [1.82, 2.24) is 93.0 Å². The van der Waals surface area contributed by atoms with Gasteiger partial charge in [-0.3, -0.25) is 55.9 Å². The summed E-state index contributed by atoms with van der Waals surface area (Å²) in [6.07, 6.45) is -19.9. The Morgan fingerprint density at radius 3 is 0.955 bits per heavy atom. The second-order valence-corrected chi connectivity index (χ2v) is 27.5. The van der Waals surface area contributed by atoms with E-state index >= 15 is 0 Å². The summed E-state index contributed by atoms with van der Waals surface area (Å²) in [5.74, 6) is 16.3. The predicted molar refractivity (Wildman–Crippen MR) is 447 cm³/mol. The molecule has 0 spiro atoms. The van der Waals surface area contributed by atoms with E-state index in [1.54, 1.807) is 55.9 Å². The summed E-state index contributed by atoms with van der Waals surface area (Å²) < 4.78 is 170. The van der Waals surface area contributed by atoms with Crippen molar-refractivity contribution < 1.29 is 125 Å². The van der Waals surface area contributed by atoms with Crippen LogP contribution in [0.4, 0.5) is 95.5 Å². The third-order valence-electron chi connectivity index (χ3n) is 18.4. The van der Waals surface area contributed by atoms with Gasteiger partial charge in [-0.05, 0) is 40.5 Å². The molecule has 724 valence electrons. The highest BCUT2D eigenvalue weighted by molar-refractivity contribution is 6.01. The van der Waals surface area contributed by atoms with Crippen LogP contribution in [-0.2, 0) is 89.1 Å². The lowest BCUT2D eigenvalue weighted by Gasteiger charge is -2.38. The number of carboxylic acid groups (broad SMARTS) is 5. The van der Waals surface area contributed by atoms with Crippen molar-refractivity contribution >= 4 is 105 Å². The van der Waals surface area contributed by atoms with Gasteiger partial charge < -0.3 is 91.2 Å². The average molecular weight is 1910 g/mol. The van der Waals surface area contributed by atoms with Crippen LogP contribution in [0.1, 0.15) is 62.6 Å². The zero-order chi connectivity index (χ0) is 101. The molecular formula is C77H86F15N27O15. The number of carbonyl (C=O) groups is 7. The number of hydrogen-bond donors (Lipinski definition) is 10. The summed E-state index contributed by atoms with van der Waals surface area (Å²) >= 11 is 0. The molecule has 7 aromatic heterocycles. The molecule has 7 aromatic rings. The van der Waals surface area contributed by atoms with Crippen molar-refractivity contribution in [3.63, 3.8) is 0 Å². The Morgan fingerprint density at radius 2 is 0.687 bits per heavy atom. The van der Waals surface area contributed by atoms with Gasteiger partial charge in [-0.1, -0.05) is 23.7 Å². The molecule has 0 unspecified atom stereocenters. The number of nitrogens with one attached hydrogen (secondary N) is 5. The Kier molecular flexibility index (Phi) is 41.2. The minimum Gasteiger partial charge on any atom is -0.475 e. The smallest absolute Gasteiger partial charge is 0.475 e. The summed E-state index contributed by atoms with van der Waals surface area (Å²) in [5, 5.41) is 52.1. The fraction of sp³-hybridized carbons (Fsp3) is 0.506. The number of aromatic nitrogens is 14. The van der Waals surface area contributed by atoms with Crippen molar-refractivity contribution in [2.45, 2.75) is 110 Å². The number of carboxylic acids is 5. The molecule has 12 heterocycles. The summed E-state index contributed by atoms with van der Waals surface area (Å²) in [5.41, 5.74) is 1.26. The number of ketones is 1. The Morgan fingerprint density at radius 1 is 0.418 bits per heavy atom. The topological polar surface area (TPSA) is 486 Å². The third kappa shape index (κ3) is 30.5. The van der Waals surface area contributed by atoms with Crippen LogP contribution in [0.15, 0.2) is 14.4 Å². The average Bonchev–Trinajstić information content (AvgIpc) is 1.72. The molecule has 12 rings (SSSR count). The number of anilines is 5. The Balaban J connectivity index is 0.000000333. The number of terminal acetylenes is 1. The molecule has 0 atom stereocenters. The number of imidazole rings is 4. The van der Waals surface area contributed by atoms with Crippen LogP contribution in [0.5, 0.6) is 0 Å². The van der Waals surface area contributed by atoms with E-state index in [4.69, 9.17) is 80.6 Å². The zero-order valence-electron chi connectivity index (χ0n) is 72.4. The Bertz CT molecular complexity index is 5890. The summed E-state index contributed by atoms with van der Waals surface area (Å²) in [6, 6.07) is 0. The molecule has 0 radical (unpaired) electrons. The van der Waals surface area contributed by atoms with E-state index in [1.807, 2.05) is 18.3 Å². The number of rotatable bonds is 13. The number of fused-ring (bicyclic) bond motifs is 4. The van der Waals surface area contributed by atoms with Gasteiger partial charge in [0.25, 0.3) is 47.9 Å². The van der Waals surface area contributed by atoms with E-state index in [9.17, 15) is 89.8 Å². The van der Waals surface area contributed by atoms with Crippen molar-refractivity contribution in [1.29, 1.82) is 0 Å². The largest absolute Gasteiger partial charge is 0.490 e. The number of amides is 1. The molecule has 1 amide bonds. The summed E-state index contributed by atoms with van der Waals surface area (Å²) in [4.78, 5) is 159. The molecule has 4 fully saturated rings. The van der Waals surface area contributed by atoms with Crippen molar-refractivity contribution in [3.8, 4) is 59.7 Å². The fourth-order valence-electron chi connectivity index (χ4n) is 11.9. The highest BCUT2D eigenvalue weighted by Crippen LogP contribution is 2.35. The van der Waals surface area contributed by atoms with E-state index < -0.39 is 66.4 Å². The van der Waals surface area contributed by atoms with Gasteiger partial charge >= 0.3 is 60.7 Å². The van der Waals surface area contributed by atoms with Crippen LogP contribution < -0.4 is 62.9 Å². The third-order valence-corrected chi connectivity index (χ3v) is 18.4. The maximum absolute atomic E-state index is 13.2. The SMILES string of the molecule is C#Cc1nc2nc(N3CCNCC3)n(CC#CC)c2c(=O)n1C.CC#CCn1c(N2CCNCC2)nc2nc(CC(C)=O)n(C)c(=O)c21.O=C(O)C(F)(F)F.O=C(O)C(F)(F)F.O=C(O)C(F)(F)F.O=C(O)C(F)(F)F.O=C(O)C(F)(F)F.[C-]#[N+]CC1(C[N+]#[C-])Nc2nc(N3CCNCC3)n(CC#CC)c2C(=O)N1C.[C-]#[N+]Cc1nc2nc(N3CCNCC3)n(CC#CC)c2c(=O)n1C. The van der Waals surface area contributed by atoms with Gasteiger partial charge in [0.15, 0.2) is 56.7 Å². The van der Waals surface area contributed by atoms with Crippen LogP contribution in [0.3, 0.4) is 0 Å². The highest BCUT2D eigenvalue weighted by atomic mass is 19.4. The number of aliphatic carboxylic acids is 5. The first kappa shape index (κ1) is 111. The van der Waals surface area contributed by atoms with Crippen LogP contribution in [0.25, 0.3) is 48.0 Å². The minimum absolute atomic E-state index is 0.0122. The maximum atomic E-state index is 13.2. The van der Waals surface area contributed by atoms with E-state index in [-0.39, 0.29) is 60.2 Å². The number of alkyl halides is 15. The standard InChI is InChI=1S/C18H22N8O.C17H22N6O2.C16H19N7O.C16H18N6O.5C2HF3O2/c1-5-6-9-26-14-15(22-17(26)25-10-7-21-8-11-25)23-18(12-19-2,13-20-3)24(4)16(14)27;1-4-5-8-23-14-15(20-17(23)22-9-6-18-7-10-22)19-13(11-12(2)24)21(3)16(14)25;1-4-5-8-23-13-14(19-12(11-17-2)21(3)15(13)24)20-16(23)22-9-6-18-7-10-22;1-4-6-9-22-13-14(18-12(5-2)20(3)15(13)23)19-16(22)21-10-7-17-8-11-21;5*3-2(4,5)1(6)7/h21,23H,7-13H2,1,4H3;18H,6-11H2,1-3H3;18H,6-11H2,1,3H3;2,17H,7-11H2,1,3H3;5*(H,6,7). The van der Waals surface area contributed by atoms with E-state index in [0.29, 0.717) is 94.7 Å². The first-order valence-electron chi connectivity index (χ1n) is 38.6. The number of halogens is 15. The molecule has 0 saturated carbocycles. The number of nitrogens with zero attached hydrogens (tertiary/aromatic N) is 22. The second kappa shape index (κ2) is 49.7. The molecule has 0 aliphatic carbocycles. The van der Waals surface area contributed by atoms with Crippen LogP contribution in [0, 0.1) is 79.4 Å². The van der Waals surface area contributed by atoms with E-state index in [2.05, 4.69) is 144 Å². The van der Waals surface area contributed by atoms with Gasteiger partial charge in [-0.15, -0.1) is 30.1 Å². The van der Waals surface area contributed by atoms with Gasteiger partial charge in [0.2, 0.25) is 23.8 Å². The van der Waals surface area contributed by atoms with Crippen molar-refractivity contribution in [2.24, 2.45) is 21.1 Å². The Hall–Kier alpha value is -15.2. The highest BCUT2D eigenvalue weighted by Gasteiger charge is 2.52. The summed E-state index contributed by atoms with van der Waals surface area (Å²) in [7, 11) is 6.53. The monoisotopic (exact) mass is 1910 g/mol. The number of hydrogen-bond acceptors (Lipinski definition) is 26. The van der Waals surface area contributed by atoms with E-state index in [1.165, 1.54) is 25.5 Å². The molecule has 5 aliphatic heterocycles. The van der Waals surface area contributed by atoms with Crippen LogP contribution >= 0.6 is 0 Å². The Labute approximate surface area is 749 Å². The molecular weight excluding hydrogens is 1830 g/mol. The normalized spacial score (nSPS) is 14.3. The number of piperazine rings is 4. The van der Waals surface area contributed by atoms with Gasteiger partial charge in [-0.2, -0.15) is 85.8 Å². The molecule has 4 saturated heterocycles. The summed E-state index contributed by atoms with van der Waals surface area (Å²) in [6.45, 7) is 45.1. The first-order chi connectivity index (χ1) is 62.7. The number of Topliss-reactive ketones (excluding diaryl/α,β-unsaturated/α-hetero) is 1. The molecule has 42 nitrogen and oxygen atoms in total. The molecule has 134 heavy (non-hydrogen) atoms. The molecule has 10 N–H and O–H groups in total. The lowest BCUT2D eigenvalue weighted by molar-refractivity contribution is -0.193. The van der Waals surface area contributed by atoms with Gasteiger partial charge in [0.1, 0.15) is 11.6 Å². The molecule has 0 aromatic carbocycles. The fourth-order valence-corrected chi connectivity index (χ4v) is 11.9. The number of carbonyl (C=O) groups excluding carboxylic acids is 2.